The molecule has 0 unspecified atom stereocenters. The number of para-hydroxylation sites is 1. The van der Waals surface area contributed by atoms with Crippen molar-refractivity contribution in [1.29, 1.82) is 0 Å². The average molecular weight is 491 g/mol. The van der Waals surface area contributed by atoms with Crippen LogP contribution in [0, 0.1) is 0 Å². The van der Waals surface area contributed by atoms with Crippen LogP contribution in [0.3, 0.4) is 0 Å². The number of rotatable bonds is 4. The Balaban J connectivity index is 1.66. The molecule has 0 aliphatic carbocycles. The first kappa shape index (κ1) is 22.2. The maximum atomic E-state index is 13.0. The minimum atomic E-state index is -4.92. The van der Waals surface area contributed by atoms with Gasteiger partial charge in [0.1, 0.15) is 11.8 Å². The molecule has 176 valence electrons. The van der Waals surface area contributed by atoms with Gasteiger partial charge in [0.25, 0.3) is 0 Å². The Bertz CT molecular complexity index is 1390. The number of anilines is 1. The molecular formula is C22H18ClF3N6O2. The third kappa shape index (κ3) is 4.43. The predicted octanol–water partition coefficient (Wildman–Crippen LogP) is 4.58. The molecule has 1 amide bonds. The van der Waals surface area contributed by atoms with Crippen molar-refractivity contribution in [1.82, 2.24) is 24.9 Å². The first-order valence-corrected chi connectivity index (χ1v) is 10.9. The molecule has 4 aromatic rings. The molecule has 1 atom stereocenters. The number of aromatic nitrogens is 4. The van der Waals surface area contributed by atoms with Gasteiger partial charge in [-0.2, -0.15) is 4.52 Å². The summed E-state index contributed by atoms with van der Waals surface area (Å²) in [6.45, 7) is 0.601. The summed E-state index contributed by atoms with van der Waals surface area (Å²) in [4.78, 5) is 21.6. The first-order chi connectivity index (χ1) is 16.3. The van der Waals surface area contributed by atoms with Crippen LogP contribution in [-0.4, -0.2) is 44.4 Å². The van der Waals surface area contributed by atoms with E-state index in [-0.39, 0.29) is 28.3 Å². The van der Waals surface area contributed by atoms with Gasteiger partial charge in [0.2, 0.25) is 11.9 Å². The van der Waals surface area contributed by atoms with Gasteiger partial charge in [0, 0.05) is 17.0 Å². The second-order valence-corrected chi connectivity index (χ2v) is 8.23. The van der Waals surface area contributed by atoms with Crippen LogP contribution in [0.4, 0.5) is 19.1 Å². The van der Waals surface area contributed by atoms with Crippen molar-refractivity contribution in [2.75, 3.05) is 11.9 Å². The maximum Gasteiger partial charge on any atom is 0.573 e. The third-order valence-corrected chi connectivity index (χ3v) is 5.66. The van der Waals surface area contributed by atoms with Crippen LogP contribution in [0.25, 0.3) is 27.9 Å². The van der Waals surface area contributed by atoms with Crippen molar-refractivity contribution >= 4 is 40.0 Å². The van der Waals surface area contributed by atoms with E-state index in [4.69, 9.17) is 11.6 Å². The molecule has 0 saturated carbocycles. The van der Waals surface area contributed by atoms with Crippen molar-refractivity contribution in [2.45, 2.75) is 31.7 Å². The Kier molecular flexibility index (Phi) is 5.64. The van der Waals surface area contributed by atoms with E-state index < -0.39 is 18.2 Å². The van der Waals surface area contributed by atoms with Crippen molar-refractivity contribution in [2.24, 2.45) is 0 Å². The van der Waals surface area contributed by atoms with Crippen molar-refractivity contribution in [3.8, 4) is 17.1 Å². The van der Waals surface area contributed by atoms with Gasteiger partial charge in [0.05, 0.1) is 11.1 Å². The minimum absolute atomic E-state index is 0.00710. The molecule has 34 heavy (non-hydrogen) atoms. The second kappa shape index (κ2) is 8.64. The molecule has 2 N–H and O–H groups in total. The smallest absolute Gasteiger partial charge is 0.405 e. The SMILES string of the molecule is O=C1NCCCC[C@@H]1Nc1nc2ccccc2c2nc(-c3ccc(Cl)cc3OC(F)(F)F)nn12. The zero-order valence-electron chi connectivity index (χ0n) is 17.6. The van der Waals surface area contributed by atoms with E-state index in [2.05, 4.69) is 30.4 Å². The predicted molar refractivity (Wildman–Crippen MR) is 120 cm³/mol. The summed E-state index contributed by atoms with van der Waals surface area (Å²) in [6, 6.07) is 10.5. The van der Waals surface area contributed by atoms with E-state index in [9.17, 15) is 18.0 Å². The first-order valence-electron chi connectivity index (χ1n) is 10.5. The lowest BCUT2D eigenvalue weighted by atomic mass is 10.1. The topological polar surface area (TPSA) is 93.4 Å². The molecule has 8 nitrogen and oxygen atoms in total. The number of fused-ring (bicyclic) bond motifs is 3. The molecule has 2 aromatic heterocycles. The summed E-state index contributed by atoms with van der Waals surface area (Å²) in [5.74, 6) is -0.436. The number of ether oxygens (including phenoxy) is 1. The number of nitrogens with one attached hydrogen (secondary N) is 2. The molecule has 1 fully saturated rings. The molecule has 5 rings (SSSR count). The quantitative estimate of drug-likeness (QED) is 0.435. The van der Waals surface area contributed by atoms with Gasteiger partial charge >= 0.3 is 6.36 Å². The lowest BCUT2D eigenvalue weighted by Crippen LogP contribution is -2.38. The number of carbonyl (C=O) groups is 1. The average Bonchev–Trinajstić information content (AvgIpc) is 3.12. The van der Waals surface area contributed by atoms with Gasteiger partial charge in [-0.1, -0.05) is 23.7 Å². The summed E-state index contributed by atoms with van der Waals surface area (Å²) >= 11 is 5.90. The number of benzene rings is 2. The lowest BCUT2D eigenvalue weighted by molar-refractivity contribution is -0.274. The molecule has 2 aromatic carbocycles. The maximum absolute atomic E-state index is 13.0. The highest BCUT2D eigenvalue weighted by molar-refractivity contribution is 6.30. The number of hydrogen-bond acceptors (Lipinski definition) is 6. The number of halogens is 4. The van der Waals surface area contributed by atoms with Gasteiger partial charge in [-0.3, -0.25) is 4.79 Å². The van der Waals surface area contributed by atoms with Gasteiger partial charge in [-0.05, 0) is 49.6 Å². The summed E-state index contributed by atoms with van der Waals surface area (Å²) in [6.07, 6.45) is -2.61. The monoisotopic (exact) mass is 490 g/mol. The fourth-order valence-electron chi connectivity index (χ4n) is 3.89. The van der Waals surface area contributed by atoms with Crippen LogP contribution in [0.5, 0.6) is 5.75 Å². The molecule has 12 heteroatoms. The number of alkyl halides is 3. The van der Waals surface area contributed by atoms with E-state index in [1.54, 1.807) is 24.3 Å². The Labute approximate surface area is 196 Å². The molecule has 1 aliphatic heterocycles. The lowest BCUT2D eigenvalue weighted by Gasteiger charge is -2.16. The summed E-state index contributed by atoms with van der Waals surface area (Å²) in [5.41, 5.74) is 0.964. The highest BCUT2D eigenvalue weighted by Gasteiger charge is 2.33. The van der Waals surface area contributed by atoms with Gasteiger partial charge in [0.15, 0.2) is 11.5 Å². The third-order valence-electron chi connectivity index (χ3n) is 5.43. The number of hydrogen-bond donors (Lipinski definition) is 2. The van der Waals surface area contributed by atoms with Crippen LogP contribution in [-0.2, 0) is 4.79 Å². The van der Waals surface area contributed by atoms with E-state index in [1.165, 1.54) is 16.6 Å². The molecule has 0 spiro atoms. The van der Waals surface area contributed by atoms with Crippen LogP contribution >= 0.6 is 11.6 Å². The number of amides is 1. The van der Waals surface area contributed by atoms with Gasteiger partial charge < -0.3 is 15.4 Å². The van der Waals surface area contributed by atoms with Crippen LogP contribution in [0.2, 0.25) is 5.02 Å². The molecule has 0 radical (unpaired) electrons. The summed E-state index contributed by atoms with van der Waals surface area (Å²) < 4.78 is 44.6. The number of nitrogens with zero attached hydrogens (tertiary/aromatic N) is 4. The zero-order valence-corrected chi connectivity index (χ0v) is 18.3. The highest BCUT2D eigenvalue weighted by Crippen LogP contribution is 2.35. The molecule has 0 bridgehead atoms. The van der Waals surface area contributed by atoms with E-state index in [0.29, 0.717) is 29.5 Å². The van der Waals surface area contributed by atoms with Crippen LogP contribution < -0.4 is 15.4 Å². The Morgan fingerprint density at radius 3 is 2.79 bits per heavy atom. The van der Waals surface area contributed by atoms with Crippen molar-refractivity contribution in [3.63, 3.8) is 0 Å². The van der Waals surface area contributed by atoms with Crippen molar-refractivity contribution < 1.29 is 22.7 Å². The fourth-order valence-corrected chi connectivity index (χ4v) is 4.05. The standard InChI is InChI=1S/C22H18ClF3N6O2/c23-12-8-9-14(17(11-12)34-22(24,25)26)18-30-19-13-5-1-2-6-15(13)28-21(32(19)31-18)29-16-7-3-4-10-27-20(16)33/h1-2,5-6,8-9,11,16H,3-4,7,10H2,(H,27,33)(H,28,29)/t16-/m0/s1. The van der Waals surface area contributed by atoms with Gasteiger partial charge in [-0.25, -0.2) is 9.97 Å². The Morgan fingerprint density at radius 2 is 1.97 bits per heavy atom. The number of carbonyl (C=O) groups excluding carboxylic acids is 1. The molecule has 1 saturated heterocycles. The molecular weight excluding hydrogens is 473 g/mol. The highest BCUT2D eigenvalue weighted by atomic mass is 35.5. The van der Waals surface area contributed by atoms with E-state index in [0.717, 1.165) is 18.9 Å². The minimum Gasteiger partial charge on any atom is -0.405 e. The summed E-state index contributed by atoms with van der Waals surface area (Å²) in [5, 5.41) is 11.1. The molecule has 3 heterocycles. The largest absolute Gasteiger partial charge is 0.573 e. The second-order valence-electron chi connectivity index (χ2n) is 7.80. The van der Waals surface area contributed by atoms with Crippen LogP contribution in [0.15, 0.2) is 42.5 Å². The Morgan fingerprint density at radius 1 is 1.15 bits per heavy atom. The summed E-state index contributed by atoms with van der Waals surface area (Å²) in [7, 11) is 0. The zero-order chi connectivity index (χ0) is 23.9. The van der Waals surface area contributed by atoms with E-state index >= 15 is 0 Å². The fraction of sp³-hybridized carbons (Fsp3) is 0.273. The van der Waals surface area contributed by atoms with E-state index in [1.807, 2.05) is 0 Å². The van der Waals surface area contributed by atoms with Crippen LogP contribution in [0.1, 0.15) is 19.3 Å². The van der Waals surface area contributed by atoms with Crippen molar-refractivity contribution in [3.05, 3.63) is 47.5 Å². The Hall–Kier alpha value is -3.60. The normalized spacial score (nSPS) is 16.9. The van der Waals surface area contributed by atoms with Gasteiger partial charge in [-0.15, -0.1) is 18.3 Å². The molecule has 1 aliphatic rings.